The van der Waals surface area contributed by atoms with Crippen molar-refractivity contribution in [1.29, 1.82) is 0 Å². The van der Waals surface area contributed by atoms with E-state index in [4.69, 9.17) is 0 Å². The molecule has 4 aromatic rings. The summed E-state index contributed by atoms with van der Waals surface area (Å²) in [6, 6.07) is 48.0. The van der Waals surface area contributed by atoms with E-state index in [1.165, 1.54) is 146 Å². The second kappa shape index (κ2) is 24.3. The highest BCUT2D eigenvalue weighted by atomic mass is 31.2. The van der Waals surface area contributed by atoms with Crippen molar-refractivity contribution in [3.63, 3.8) is 0 Å². The maximum atomic E-state index is 2.84. The number of nitrogens with zero attached hydrogens (tertiary/aromatic N) is 1. The third-order valence-electron chi connectivity index (χ3n) is 12.8. The van der Waals surface area contributed by atoms with E-state index >= 15 is 0 Å². The molecule has 0 saturated carbocycles. The van der Waals surface area contributed by atoms with Gasteiger partial charge in [0.25, 0.3) is 0 Å². The minimum atomic E-state index is -1.59. The van der Waals surface area contributed by atoms with Gasteiger partial charge in [-0.25, -0.2) is 4.44 Å². The van der Waals surface area contributed by atoms with Gasteiger partial charge in [-0.05, 0) is 53.2 Å². The Balaban J connectivity index is 1.87. The Morgan fingerprint density at radius 1 is 0.393 bits per heavy atom. The highest BCUT2D eigenvalue weighted by molar-refractivity contribution is 7.84. The number of benzene rings is 4. The van der Waals surface area contributed by atoms with E-state index in [9.17, 15) is 0 Å². The molecule has 0 amide bonds. The molecule has 0 aliphatic heterocycles. The molecule has 0 N–H and O–H groups in total. The predicted octanol–water partition coefficient (Wildman–Crippen LogP) is 13.7. The lowest BCUT2D eigenvalue weighted by Crippen LogP contribution is -2.48. The first kappa shape index (κ1) is 46.8. The van der Waals surface area contributed by atoms with Crippen LogP contribution in [-0.2, 0) is 0 Å². The molecular weight excluding hydrogens is 745 g/mol. The molecule has 0 heterocycles. The van der Waals surface area contributed by atoms with Crippen molar-refractivity contribution in [2.24, 2.45) is 0 Å². The lowest BCUT2D eigenvalue weighted by atomic mass is 10.2. The molecule has 4 rings (SSSR count). The monoisotopic (exact) mass is 824 g/mol. The van der Waals surface area contributed by atoms with E-state index in [1.807, 2.05) is 0 Å². The average Bonchev–Trinajstić information content (AvgIpc) is 3.23. The van der Waals surface area contributed by atoms with E-state index in [-0.39, 0.29) is 0 Å². The lowest BCUT2D eigenvalue weighted by Gasteiger charge is -2.38. The molecule has 0 bridgehead atoms. The first-order valence-electron chi connectivity index (χ1n) is 22.9. The highest BCUT2D eigenvalue weighted by Crippen LogP contribution is 2.53. The minimum Gasteiger partial charge on any atom is -0.248 e. The molecule has 4 aromatic carbocycles. The molecule has 0 spiro atoms. The topological polar surface area (TPSA) is 3.24 Å². The summed E-state index contributed by atoms with van der Waals surface area (Å²) in [5.74, 6) is 0. The van der Waals surface area contributed by atoms with Gasteiger partial charge in [-0.1, -0.05) is 262 Å². The van der Waals surface area contributed by atoms with Gasteiger partial charge in [0.15, 0.2) is 0 Å². The molecule has 0 radical (unpaired) electrons. The molecule has 2 unspecified atom stereocenters. The Bertz CT molecular complexity index is 1520. The van der Waals surface area contributed by atoms with Crippen molar-refractivity contribution >= 4 is 63.9 Å². The standard InChI is InChI=1S/C51H79NP2Si2/c1-10-16-38-55(39-17-11-2,40-18-12-3)48-34-30-46(31-35-48)53(50-28-24-22-26-44(50)7)52(9)54(51-29-25-23-27-45(51)8)47-32-36-49(37-33-47)56(41-19-13-4,42-20-14-5)43-21-15-6/h22-37H,10-21,38-43H2,1-9H3. The highest BCUT2D eigenvalue weighted by Gasteiger charge is 2.36. The SMILES string of the molecule is CCCC[Si](CCCC)(CCCC)c1ccc(P(c2ccccc2C)N(C)P(c2ccc([Si](CCCC)(CCCC)CCCC)cc2)c2ccccc2C)cc1. The zero-order valence-electron chi connectivity index (χ0n) is 37.3. The third-order valence-corrected chi connectivity index (χ3v) is 29.5. The normalized spacial score (nSPS) is 13.3. The van der Waals surface area contributed by atoms with Gasteiger partial charge in [0, 0.05) is 16.1 Å². The average molecular weight is 824 g/mol. The van der Waals surface area contributed by atoms with E-state index in [0.29, 0.717) is 0 Å². The molecule has 5 heteroatoms. The van der Waals surface area contributed by atoms with Crippen LogP contribution in [0, 0.1) is 13.8 Å². The molecule has 0 aromatic heterocycles. The quantitative estimate of drug-likeness (QED) is 0.0450. The van der Waals surface area contributed by atoms with Crippen LogP contribution >= 0.6 is 16.1 Å². The molecule has 0 fully saturated rings. The predicted molar refractivity (Wildman–Crippen MR) is 264 cm³/mol. The third kappa shape index (κ3) is 12.1. The van der Waals surface area contributed by atoms with Crippen molar-refractivity contribution in [3.8, 4) is 0 Å². The summed E-state index contributed by atoms with van der Waals surface area (Å²) < 4.78 is 2.84. The Hall–Kier alpha value is -1.87. The molecule has 0 saturated heterocycles. The minimum absolute atomic E-state index is 0.781. The van der Waals surface area contributed by atoms with Crippen molar-refractivity contribution < 1.29 is 0 Å². The van der Waals surface area contributed by atoms with Gasteiger partial charge < -0.3 is 0 Å². The van der Waals surface area contributed by atoms with Gasteiger partial charge in [-0.3, -0.25) is 0 Å². The summed E-state index contributed by atoms with van der Waals surface area (Å²) in [4.78, 5) is 0. The van der Waals surface area contributed by atoms with Gasteiger partial charge in [-0.15, -0.1) is 0 Å². The molecule has 2 atom stereocenters. The molecule has 0 aliphatic rings. The maximum absolute atomic E-state index is 2.84. The zero-order chi connectivity index (χ0) is 40.4. The van der Waals surface area contributed by atoms with E-state index in [1.54, 1.807) is 10.4 Å². The van der Waals surface area contributed by atoms with Crippen LogP contribution in [0.2, 0.25) is 36.3 Å². The van der Waals surface area contributed by atoms with Gasteiger partial charge in [-0.2, -0.15) is 0 Å². The van der Waals surface area contributed by atoms with Crippen LogP contribution in [0.15, 0.2) is 97.1 Å². The van der Waals surface area contributed by atoms with Crippen LogP contribution in [0.25, 0.3) is 0 Å². The maximum Gasteiger partial charge on any atom is 0.0867 e. The number of hydrogen-bond donors (Lipinski definition) is 0. The van der Waals surface area contributed by atoms with Gasteiger partial charge in [0.2, 0.25) is 0 Å². The summed E-state index contributed by atoms with van der Waals surface area (Å²) in [6.45, 7) is 19.0. The fourth-order valence-corrected chi connectivity index (χ4v) is 26.3. The van der Waals surface area contributed by atoms with Crippen LogP contribution in [0.1, 0.15) is 130 Å². The van der Waals surface area contributed by atoms with Crippen molar-refractivity contribution in [3.05, 3.63) is 108 Å². The lowest BCUT2D eigenvalue weighted by molar-refractivity contribution is 0.800. The van der Waals surface area contributed by atoms with E-state index in [0.717, 1.165) is 0 Å². The molecule has 306 valence electrons. The fourth-order valence-electron chi connectivity index (χ4n) is 9.24. The van der Waals surface area contributed by atoms with Gasteiger partial charge >= 0.3 is 0 Å². The molecule has 56 heavy (non-hydrogen) atoms. The molecular formula is C51H79NP2Si2. The number of aryl methyl sites for hydroxylation is 2. The summed E-state index contributed by atoms with van der Waals surface area (Å²) in [5.41, 5.74) is 2.81. The zero-order valence-corrected chi connectivity index (χ0v) is 41.1. The van der Waals surface area contributed by atoms with Crippen LogP contribution in [0.3, 0.4) is 0 Å². The number of unbranched alkanes of at least 4 members (excludes halogenated alkanes) is 6. The van der Waals surface area contributed by atoms with Crippen molar-refractivity contribution in [2.45, 2.75) is 169 Å². The Kier molecular flexibility index (Phi) is 20.3. The fraction of sp³-hybridized carbons (Fsp3) is 0.529. The Labute approximate surface area is 350 Å². The second-order valence-corrected chi connectivity index (χ2v) is 31.0. The van der Waals surface area contributed by atoms with Crippen LogP contribution in [0.4, 0.5) is 0 Å². The van der Waals surface area contributed by atoms with Crippen LogP contribution in [0.5, 0.6) is 0 Å². The van der Waals surface area contributed by atoms with Crippen molar-refractivity contribution in [1.82, 2.24) is 4.44 Å². The summed E-state index contributed by atoms with van der Waals surface area (Å²) in [6.07, 6.45) is 16.1. The molecule has 0 aliphatic carbocycles. The summed E-state index contributed by atoms with van der Waals surface area (Å²) in [5, 5.41) is 9.41. The van der Waals surface area contributed by atoms with Crippen LogP contribution in [-0.4, -0.2) is 27.6 Å². The largest absolute Gasteiger partial charge is 0.248 e. The molecule has 1 nitrogen and oxygen atoms in total. The number of hydrogen-bond acceptors (Lipinski definition) is 1. The first-order chi connectivity index (χ1) is 27.2. The summed E-state index contributed by atoms with van der Waals surface area (Å²) in [7, 11) is -2.28. The second-order valence-electron chi connectivity index (χ2n) is 17.0. The van der Waals surface area contributed by atoms with Gasteiger partial charge in [0.05, 0.1) is 16.1 Å². The van der Waals surface area contributed by atoms with Gasteiger partial charge in [0.1, 0.15) is 0 Å². The van der Waals surface area contributed by atoms with E-state index < -0.39 is 32.3 Å². The number of rotatable bonds is 26. The van der Waals surface area contributed by atoms with E-state index in [2.05, 4.69) is 164 Å². The van der Waals surface area contributed by atoms with Crippen LogP contribution < -0.4 is 31.6 Å². The summed E-state index contributed by atoms with van der Waals surface area (Å²) >= 11 is 0. The Morgan fingerprint density at radius 3 is 0.911 bits per heavy atom. The smallest absolute Gasteiger partial charge is 0.0867 e. The first-order valence-corrected chi connectivity index (χ1v) is 30.7. The Morgan fingerprint density at radius 2 is 0.661 bits per heavy atom. The van der Waals surface area contributed by atoms with Crippen molar-refractivity contribution in [2.75, 3.05) is 7.05 Å².